The van der Waals surface area contributed by atoms with Crippen LogP contribution in [0.15, 0.2) is 28.9 Å². The van der Waals surface area contributed by atoms with Gasteiger partial charge < -0.3 is 10.1 Å². The van der Waals surface area contributed by atoms with Gasteiger partial charge >= 0.3 is 0 Å². The Kier molecular flexibility index (Phi) is 5.57. The van der Waals surface area contributed by atoms with E-state index in [4.69, 9.17) is 4.74 Å². The summed E-state index contributed by atoms with van der Waals surface area (Å²) in [5.41, 5.74) is 1.03. The van der Waals surface area contributed by atoms with Crippen molar-refractivity contribution in [1.29, 1.82) is 0 Å². The summed E-state index contributed by atoms with van der Waals surface area (Å²) < 4.78 is 6.45. The normalized spacial score (nSPS) is 12.4. The second kappa shape index (κ2) is 7.20. The monoisotopic (exact) mass is 354 g/mol. The van der Waals surface area contributed by atoms with Crippen molar-refractivity contribution in [2.45, 2.75) is 26.3 Å². The molecular weight excluding hydrogens is 336 g/mol. The number of hydrogen-bond acceptors (Lipinski definition) is 4. The Morgan fingerprint density at radius 2 is 2.25 bits per heavy atom. The molecule has 0 aliphatic carbocycles. The Morgan fingerprint density at radius 3 is 2.95 bits per heavy atom. The van der Waals surface area contributed by atoms with E-state index in [1.165, 1.54) is 4.88 Å². The fourth-order valence-corrected chi connectivity index (χ4v) is 3.24. The molecule has 1 unspecified atom stereocenters. The van der Waals surface area contributed by atoms with E-state index in [1.807, 2.05) is 24.4 Å². The van der Waals surface area contributed by atoms with Crippen LogP contribution in [0.2, 0.25) is 0 Å². The summed E-state index contributed by atoms with van der Waals surface area (Å²) in [6.45, 7) is 5.36. The molecule has 1 aromatic carbocycles. The maximum absolute atomic E-state index is 5.42. The lowest BCUT2D eigenvalue weighted by atomic mass is 10.2. The molecule has 0 saturated carbocycles. The zero-order valence-electron chi connectivity index (χ0n) is 11.9. The van der Waals surface area contributed by atoms with Gasteiger partial charge in [-0.2, -0.15) is 0 Å². The minimum absolute atomic E-state index is 0.333. The van der Waals surface area contributed by atoms with Crippen LogP contribution in [-0.2, 0) is 0 Å². The Hall–Kier alpha value is -0.910. The van der Waals surface area contributed by atoms with E-state index in [0.717, 1.165) is 33.8 Å². The average Bonchev–Trinajstić information content (AvgIpc) is 2.94. The van der Waals surface area contributed by atoms with E-state index < -0.39 is 0 Å². The molecule has 0 aliphatic rings. The maximum Gasteiger partial charge on any atom is 0.129 e. The summed E-state index contributed by atoms with van der Waals surface area (Å²) >= 11 is 5.21. The lowest BCUT2D eigenvalue weighted by Crippen LogP contribution is -2.18. The van der Waals surface area contributed by atoms with Gasteiger partial charge in [0.1, 0.15) is 10.8 Å². The number of benzene rings is 1. The molecule has 1 aromatic heterocycles. The van der Waals surface area contributed by atoms with Crippen molar-refractivity contribution in [2.75, 3.05) is 13.7 Å². The first kappa shape index (κ1) is 15.5. The van der Waals surface area contributed by atoms with Crippen molar-refractivity contribution in [3.05, 3.63) is 33.7 Å². The van der Waals surface area contributed by atoms with E-state index >= 15 is 0 Å². The van der Waals surface area contributed by atoms with Gasteiger partial charge in [0.25, 0.3) is 0 Å². The number of nitrogens with one attached hydrogen (secondary N) is 1. The van der Waals surface area contributed by atoms with Gasteiger partial charge in [0.15, 0.2) is 0 Å². The van der Waals surface area contributed by atoms with Crippen molar-refractivity contribution in [3.63, 3.8) is 0 Å². The van der Waals surface area contributed by atoms with Crippen LogP contribution in [0.5, 0.6) is 5.75 Å². The van der Waals surface area contributed by atoms with Gasteiger partial charge in [-0.1, -0.05) is 22.9 Å². The van der Waals surface area contributed by atoms with Gasteiger partial charge in [0, 0.05) is 21.6 Å². The third-order valence-electron chi connectivity index (χ3n) is 3.04. The van der Waals surface area contributed by atoms with Crippen LogP contribution in [0.4, 0.5) is 0 Å². The number of hydrogen-bond donors (Lipinski definition) is 1. The van der Waals surface area contributed by atoms with Crippen LogP contribution in [0.25, 0.3) is 10.6 Å². The summed E-state index contributed by atoms with van der Waals surface area (Å²) in [7, 11) is 1.69. The highest BCUT2D eigenvalue weighted by Gasteiger charge is 2.13. The van der Waals surface area contributed by atoms with Crippen LogP contribution in [0.3, 0.4) is 0 Å². The van der Waals surface area contributed by atoms with Gasteiger partial charge in [-0.25, -0.2) is 4.98 Å². The van der Waals surface area contributed by atoms with Crippen molar-refractivity contribution >= 4 is 27.3 Å². The summed E-state index contributed by atoms with van der Waals surface area (Å²) in [5.74, 6) is 0.850. The van der Waals surface area contributed by atoms with E-state index in [-0.39, 0.29) is 0 Å². The van der Waals surface area contributed by atoms with Gasteiger partial charge in [0.05, 0.1) is 12.7 Å². The fourth-order valence-electron chi connectivity index (χ4n) is 1.92. The van der Waals surface area contributed by atoms with Crippen LogP contribution in [-0.4, -0.2) is 18.6 Å². The van der Waals surface area contributed by atoms with Gasteiger partial charge in [0.2, 0.25) is 0 Å². The van der Waals surface area contributed by atoms with Crippen LogP contribution in [0, 0.1) is 0 Å². The molecule has 1 atom stereocenters. The van der Waals surface area contributed by atoms with Crippen LogP contribution >= 0.6 is 27.3 Å². The third-order valence-corrected chi connectivity index (χ3v) is 4.75. The van der Waals surface area contributed by atoms with Gasteiger partial charge in [-0.05, 0) is 38.1 Å². The molecule has 0 saturated heterocycles. The number of aromatic nitrogens is 1. The SMILES string of the molecule is CCCNC(C)c1cnc(-c2cc(Br)ccc2OC)s1. The largest absolute Gasteiger partial charge is 0.496 e. The maximum atomic E-state index is 5.42. The van der Waals surface area contributed by atoms with Gasteiger partial charge in [-0.15, -0.1) is 11.3 Å². The molecule has 1 N–H and O–H groups in total. The van der Waals surface area contributed by atoms with E-state index in [9.17, 15) is 0 Å². The predicted octanol–water partition coefficient (Wildman–Crippen LogP) is 4.64. The highest BCUT2D eigenvalue weighted by molar-refractivity contribution is 9.10. The number of methoxy groups -OCH3 is 1. The number of nitrogens with zero attached hydrogens (tertiary/aromatic N) is 1. The number of ether oxygens (including phenoxy) is 1. The quantitative estimate of drug-likeness (QED) is 0.820. The molecule has 0 bridgehead atoms. The van der Waals surface area contributed by atoms with Crippen molar-refractivity contribution in [3.8, 4) is 16.3 Å². The lowest BCUT2D eigenvalue weighted by molar-refractivity contribution is 0.416. The van der Waals surface area contributed by atoms with E-state index in [1.54, 1.807) is 18.4 Å². The first-order valence-corrected chi connectivity index (χ1v) is 8.29. The van der Waals surface area contributed by atoms with E-state index in [0.29, 0.717) is 6.04 Å². The first-order chi connectivity index (χ1) is 9.65. The Morgan fingerprint density at radius 1 is 1.45 bits per heavy atom. The third kappa shape index (κ3) is 3.59. The molecule has 5 heteroatoms. The number of rotatable bonds is 6. The number of halogens is 1. The Labute approximate surface area is 132 Å². The molecule has 0 spiro atoms. The summed E-state index contributed by atoms with van der Waals surface area (Å²) in [5, 5.41) is 4.47. The standard InChI is InChI=1S/C15H19BrN2OS/c1-4-7-17-10(2)14-9-18-15(20-14)12-8-11(16)5-6-13(12)19-3/h5-6,8-10,17H,4,7H2,1-3H3. The van der Waals surface area contributed by atoms with Crippen molar-refractivity contribution in [2.24, 2.45) is 0 Å². The highest BCUT2D eigenvalue weighted by atomic mass is 79.9. The molecule has 0 radical (unpaired) electrons. The minimum Gasteiger partial charge on any atom is -0.496 e. The first-order valence-electron chi connectivity index (χ1n) is 6.68. The van der Waals surface area contributed by atoms with Crippen molar-refractivity contribution < 1.29 is 4.74 Å². The molecule has 0 fully saturated rings. The summed E-state index contributed by atoms with van der Waals surface area (Å²) in [4.78, 5) is 5.79. The lowest BCUT2D eigenvalue weighted by Gasteiger charge is -2.10. The molecule has 108 valence electrons. The minimum atomic E-state index is 0.333. The highest BCUT2D eigenvalue weighted by Crippen LogP contribution is 2.36. The summed E-state index contributed by atoms with van der Waals surface area (Å²) in [6, 6.07) is 6.31. The summed E-state index contributed by atoms with van der Waals surface area (Å²) in [6.07, 6.45) is 3.09. The van der Waals surface area contributed by atoms with E-state index in [2.05, 4.69) is 40.1 Å². The molecule has 2 rings (SSSR count). The molecule has 0 aliphatic heterocycles. The van der Waals surface area contributed by atoms with Crippen molar-refractivity contribution in [1.82, 2.24) is 10.3 Å². The molecule has 0 amide bonds. The molecule has 1 heterocycles. The second-order valence-electron chi connectivity index (χ2n) is 4.59. The fraction of sp³-hybridized carbons (Fsp3) is 0.400. The zero-order valence-corrected chi connectivity index (χ0v) is 14.3. The average molecular weight is 355 g/mol. The van der Waals surface area contributed by atoms with Crippen LogP contribution in [0.1, 0.15) is 31.2 Å². The molecule has 3 nitrogen and oxygen atoms in total. The zero-order chi connectivity index (χ0) is 14.5. The Bertz CT molecular complexity index is 571. The van der Waals surface area contributed by atoms with Gasteiger partial charge in [-0.3, -0.25) is 0 Å². The topological polar surface area (TPSA) is 34.2 Å². The second-order valence-corrected chi connectivity index (χ2v) is 6.57. The Balaban J connectivity index is 2.26. The molecule has 2 aromatic rings. The van der Waals surface area contributed by atoms with Crippen LogP contribution < -0.4 is 10.1 Å². The molecular formula is C15H19BrN2OS. The predicted molar refractivity (Wildman–Crippen MR) is 88.5 cm³/mol. The number of thiazole rings is 1. The smallest absolute Gasteiger partial charge is 0.129 e. The molecule has 20 heavy (non-hydrogen) atoms.